The van der Waals surface area contributed by atoms with Crippen molar-refractivity contribution in [3.8, 4) is 0 Å². The molecule has 2 aromatic rings. The minimum atomic E-state index is -3.71. The van der Waals surface area contributed by atoms with Gasteiger partial charge in [-0.3, -0.25) is 0 Å². The Morgan fingerprint density at radius 1 is 1.22 bits per heavy atom. The summed E-state index contributed by atoms with van der Waals surface area (Å²) in [7, 11) is -3.71. The fraction of sp³-hybridized carbons (Fsp3) is 0.467. The van der Waals surface area contributed by atoms with Crippen molar-refractivity contribution in [3.63, 3.8) is 0 Å². The average Bonchev–Trinajstić information content (AvgIpc) is 2.95. The average molecular weight is 400 g/mol. The first kappa shape index (κ1) is 16.6. The van der Waals surface area contributed by atoms with Crippen LogP contribution in [-0.4, -0.2) is 18.6 Å². The van der Waals surface area contributed by atoms with Gasteiger partial charge in [-0.2, -0.15) is 9.71 Å². The second kappa shape index (κ2) is 6.33. The summed E-state index contributed by atoms with van der Waals surface area (Å²) in [4.78, 5) is 4.50. The van der Waals surface area contributed by atoms with Crippen molar-refractivity contribution in [2.24, 2.45) is 0 Å². The van der Waals surface area contributed by atoms with E-state index in [9.17, 15) is 8.42 Å². The van der Waals surface area contributed by atoms with E-state index in [4.69, 9.17) is 4.52 Å². The van der Waals surface area contributed by atoms with E-state index in [0.29, 0.717) is 29.0 Å². The lowest BCUT2D eigenvalue weighted by molar-refractivity contribution is 0.248. The second-order valence-electron chi connectivity index (χ2n) is 5.82. The number of hydrogen-bond acceptors (Lipinski definition) is 5. The van der Waals surface area contributed by atoms with Gasteiger partial charge in [-0.05, 0) is 40.9 Å². The van der Waals surface area contributed by atoms with Gasteiger partial charge < -0.3 is 4.52 Å². The standard InChI is InChI=1S/C15H18BrN3O3S/c1-11-17-14(18-22-11)15(9-5-2-6-10-15)19-23(20,21)13-8-4-3-7-12(13)16/h3-4,7-8,19H,2,5-6,9-10H2,1H3. The van der Waals surface area contributed by atoms with E-state index >= 15 is 0 Å². The highest BCUT2D eigenvalue weighted by atomic mass is 79.9. The van der Waals surface area contributed by atoms with Crippen LogP contribution in [-0.2, 0) is 15.6 Å². The van der Waals surface area contributed by atoms with E-state index in [-0.39, 0.29) is 4.90 Å². The molecule has 0 saturated heterocycles. The van der Waals surface area contributed by atoms with Crippen molar-refractivity contribution in [1.82, 2.24) is 14.9 Å². The van der Waals surface area contributed by atoms with Crippen LogP contribution in [0.25, 0.3) is 0 Å². The Labute approximate surface area is 143 Å². The van der Waals surface area contributed by atoms with Crippen LogP contribution < -0.4 is 4.72 Å². The molecule has 0 atom stereocenters. The molecule has 0 spiro atoms. The summed E-state index contributed by atoms with van der Waals surface area (Å²) in [5.74, 6) is 0.857. The Bertz CT molecular complexity index is 798. The fourth-order valence-electron chi connectivity index (χ4n) is 3.00. The van der Waals surface area contributed by atoms with Crippen molar-refractivity contribution in [1.29, 1.82) is 0 Å². The Balaban J connectivity index is 2.00. The number of rotatable bonds is 4. The molecule has 0 bridgehead atoms. The van der Waals surface area contributed by atoms with Crippen molar-refractivity contribution in [2.45, 2.75) is 49.5 Å². The number of aryl methyl sites for hydroxylation is 1. The maximum Gasteiger partial charge on any atom is 0.242 e. The molecule has 1 aromatic heterocycles. The highest BCUT2D eigenvalue weighted by Gasteiger charge is 2.42. The fourth-order valence-corrected chi connectivity index (χ4v) is 5.42. The Morgan fingerprint density at radius 3 is 2.52 bits per heavy atom. The van der Waals surface area contributed by atoms with E-state index in [0.717, 1.165) is 19.3 Å². The SMILES string of the molecule is Cc1nc(C2(NS(=O)(=O)c3ccccc3Br)CCCCC2)no1. The van der Waals surface area contributed by atoms with Gasteiger partial charge >= 0.3 is 0 Å². The number of halogens is 1. The molecule has 23 heavy (non-hydrogen) atoms. The van der Waals surface area contributed by atoms with Gasteiger partial charge in [0.1, 0.15) is 0 Å². The molecule has 0 unspecified atom stereocenters. The highest BCUT2D eigenvalue weighted by Crippen LogP contribution is 2.37. The summed E-state index contributed by atoms with van der Waals surface area (Å²) in [5, 5.41) is 3.99. The van der Waals surface area contributed by atoms with Crippen LogP contribution in [0.3, 0.4) is 0 Å². The van der Waals surface area contributed by atoms with Crippen molar-refractivity contribution in [3.05, 3.63) is 40.5 Å². The Kier molecular flexibility index (Phi) is 4.57. The third-order valence-corrected chi connectivity index (χ3v) is 6.67. The minimum absolute atomic E-state index is 0.213. The smallest absolute Gasteiger partial charge is 0.242 e. The zero-order valence-electron chi connectivity index (χ0n) is 12.8. The van der Waals surface area contributed by atoms with Crippen molar-refractivity contribution >= 4 is 26.0 Å². The van der Waals surface area contributed by atoms with Crippen LogP contribution in [0.2, 0.25) is 0 Å². The molecule has 8 heteroatoms. The van der Waals surface area contributed by atoms with Gasteiger partial charge in [0.2, 0.25) is 15.9 Å². The number of sulfonamides is 1. The number of benzene rings is 1. The lowest BCUT2D eigenvalue weighted by atomic mass is 9.82. The molecule has 1 aliphatic carbocycles. The zero-order chi connectivity index (χ0) is 16.5. The summed E-state index contributed by atoms with van der Waals surface area (Å²) < 4.78 is 34.2. The highest BCUT2D eigenvalue weighted by molar-refractivity contribution is 9.10. The predicted octanol–water partition coefficient (Wildman–Crippen LogP) is 3.28. The molecule has 124 valence electrons. The molecule has 1 N–H and O–H groups in total. The van der Waals surface area contributed by atoms with Crippen LogP contribution in [0.4, 0.5) is 0 Å². The molecule has 1 saturated carbocycles. The topological polar surface area (TPSA) is 85.1 Å². The molecule has 3 rings (SSSR count). The number of hydrogen-bond donors (Lipinski definition) is 1. The predicted molar refractivity (Wildman–Crippen MR) is 88.3 cm³/mol. The first-order chi connectivity index (χ1) is 10.9. The van der Waals surface area contributed by atoms with Gasteiger partial charge in [0.25, 0.3) is 0 Å². The number of aromatic nitrogens is 2. The molecule has 1 aliphatic rings. The normalized spacial score (nSPS) is 18.0. The summed E-state index contributed by atoms with van der Waals surface area (Å²) in [6.45, 7) is 1.70. The largest absolute Gasteiger partial charge is 0.340 e. The van der Waals surface area contributed by atoms with Crippen molar-refractivity contribution in [2.75, 3.05) is 0 Å². The van der Waals surface area contributed by atoms with Crippen LogP contribution in [0.5, 0.6) is 0 Å². The lowest BCUT2D eigenvalue weighted by Crippen LogP contribution is -2.48. The van der Waals surface area contributed by atoms with Crippen LogP contribution in [0, 0.1) is 6.92 Å². The number of nitrogens with zero attached hydrogens (tertiary/aromatic N) is 2. The van der Waals surface area contributed by atoms with E-state index in [2.05, 4.69) is 30.8 Å². The zero-order valence-corrected chi connectivity index (χ0v) is 15.2. The van der Waals surface area contributed by atoms with E-state index < -0.39 is 15.6 Å². The summed E-state index contributed by atoms with van der Waals surface area (Å²) >= 11 is 3.31. The van der Waals surface area contributed by atoms with E-state index in [1.807, 2.05) is 0 Å². The molecule has 1 aromatic carbocycles. The quantitative estimate of drug-likeness (QED) is 0.852. The molecule has 6 nitrogen and oxygen atoms in total. The van der Waals surface area contributed by atoms with Crippen LogP contribution >= 0.6 is 15.9 Å². The van der Waals surface area contributed by atoms with Gasteiger partial charge in [0.15, 0.2) is 5.82 Å². The van der Waals surface area contributed by atoms with Gasteiger partial charge in [-0.25, -0.2) is 8.42 Å². The van der Waals surface area contributed by atoms with Crippen molar-refractivity contribution < 1.29 is 12.9 Å². The Hall–Kier alpha value is -1.25. The summed E-state index contributed by atoms with van der Waals surface area (Å²) in [5.41, 5.74) is -0.801. The van der Waals surface area contributed by atoms with Gasteiger partial charge in [-0.15, -0.1) is 0 Å². The molecule has 0 aliphatic heterocycles. The molecular formula is C15H18BrN3O3S. The maximum atomic E-state index is 12.9. The molecule has 0 radical (unpaired) electrons. The van der Waals surface area contributed by atoms with Gasteiger partial charge in [0, 0.05) is 11.4 Å². The van der Waals surface area contributed by atoms with Gasteiger partial charge in [0.05, 0.1) is 10.4 Å². The van der Waals surface area contributed by atoms with Crippen LogP contribution in [0.1, 0.15) is 43.8 Å². The third kappa shape index (κ3) is 3.34. The molecule has 0 amide bonds. The van der Waals surface area contributed by atoms with E-state index in [1.165, 1.54) is 0 Å². The van der Waals surface area contributed by atoms with Gasteiger partial charge in [-0.1, -0.05) is 36.6 Å². The second-order valence-corrected chi connectivity index (χ2v) is 8.32. The maximum absolute atomic E-state index is 12.9. The van der Waals surface area contributed by atoms with E-state index in [1.54, 1.807) is 31.2 Å². The lowest BCUT2D eigenvalue weighted by Gasteiger charge is -2.34. The first-order valence-corrected chi connectivity index (χ1v) is 9.80. The first-order valence-electron chi connectivity index (χ1n) is 7.52. The third-order valence-electron chi connectivity index (χ3n) is 4.12. The molecular weight excluding hydrogens is 382 g/mol. The molecule has 1 fully saturated rings. The molecule has 1 heterocycles. The van der Waals surface area contributed by atoms with Crippen LogP contribution in [0.15, 0.2) is 38.2 Å². The Morgan fingerprint density at radius 2 is 1.91 bits per heavy atom. The number of nitrogens with one attached hydrogen (secondary N) is 1. The minimum Gasteiger partial charge on any atom is -0.340 e. The summed E-state index contributed by atoms with van der Waals surface area (Å²) in [6.07, 6.45) is 4.25. The summed E-state index contributed by atoms with van der Waals surface area (Å²) in [6, 6.07) is 6.76. The monoisotopic (exact) mass is 399 g/mol.